The van der Waals surface area contributed by atoms with Gasteiger partial charge in [-0.2, -0.15) is 0 Å². The molecular weight excluding hydrogens is 803 g/mol. The summed E-state index contributed by atoms with van der Waals surface area (Å²) >= 11 is 0. The number of ether oxygens (including phenoxy) is 3. The second kappa shape index (κ2) is 13.4. The van der Waals surface area contributed by atoms with E-state index in [-0.39, 0.29) is 61.9 Å². The van der Waals surface area contributed by atoms with Gasteiger partial charge >= 0.3 is 6.09 Å². The molecule has 5 aliphatic carbocycles. The van der Waals surface area contributed by atoms with Crippen molar-refractivity contribution in [3.05, 3.63) is 35.5 Å². The number of hydrogen-bond donors (Lipinski definition) is 3. The van der Waals surface area contributed by atoms with Gasteiger partial charge in [0.25, 0.3) is 12.3 Å². The number of carbonyl (C=O) groups is 4. The Morgan fingerprint density at radius 2 is 1.80 bits per heavy atom. The third kappa shape index (κ3) is 6.39. The Bertz CT molecular complexity index is 2340. The van der Waals surface area contributed by atoms with Gasteiger partial charge < -0.3 is 29.7 Å². The van der Waals surface area contributed by atoms with Crippen molar-refractivity contribution in [2.75, 3.05) is 13.7 Å². The number of aryl methyl sites for hydroxylation is 1. The topological polar surface area (TPSA) is 195 Å². The van der Waals surface area contributed by atoms with E-state index in [1.165, 1.54) is 30.9 Å². The molecule has 2 aromatic heterocycles. The van der Waals surface area contributed by atoms with E-state index in [1.807, 2.05) is 12.2 Å². The molecule has 2 aromatic rings. The van der Waals surface area contributed by atoms with E-state index in [0.29, 0.717) is 54.0 Å². The first-order chi connectivity index (χ1) is 28.5. The molecule has 322 valence electrons. The van der Waals surface area contributed by atoms with Crippen LogP contribution in [-0.4, -0.2) is 94.8 Å². The highest BCUT2D eigenvalue weighted by Gasteiger charge is 2.86. The Morgan fingerprint density at radius 3 is 2.52 bits per heavy atom. The fourth-order valence-corrected chi connectivity index (χ4v) is 12.2. The number of amides is 4. The lowest BCUT2D eigenvalue weighted by Crippen LogP contribution is -2.58. The number of halogens is 2. The second-order valence-electron chi connectivity index (χ2n) is 19.1. The first kappa shape index (κ1) is 39.5. The van der Waals surface area contributed by atoms with Crippen molar-refractivity contribution in [3.63, 3.8) is 0 Å². The molecule has 0 unspecified atom stereocenters. The first-order valence-electron chi connectivity index (χ1n) is 21.2. The van der Waals surface area contributed by atoms with Crippen LogP contribution in [0.15, 0.2) is 24.3 Å². The average molecular weight is 853 g/mol. The van der Waals surface area contributed by atoms with Crippen LogP contribution in [-0.2, 0) is 35.6 Å². The molecule has 1 spiro atoms. The number of pyridine rings is 2. The highest BCUT2D eigenvalue weighted by Crippen LogP contribution is 2.93. The Hall–Kier alpha value is -4.61. The molecule has 0 radical (unpaired) electrons. The van der Waals surface area contributed by atoms with Crippen LogP contribution in [0.1, 0.15) is 114 Å². The van der Waals surface area contributed by atoms with Crippen LogP contribution in [0.4, 0.5) is 13.6 Å². The predicted molar refractivity (Wildman–Crippen MR) is 209 cm³/mol. The van der Waals surface area contributed by atoms with Crippen molar-refractivity contribution in [2.24, 2.45) is 16.7 Å². The smallest absolute Gasteiger partial charge is 0.408 e. The summed E-state index contributed by atoms with van der Waals surface area (Å²) < 4.78 is 74.9. The van der Waals surface area contributed by atoms with Gasteiger partial charge in [-0.25, -0.2) is 32.0 Å². The number of sulfonamides is 1. The van der Waals surface area contributed by atoms with Crippen molar-refractivity contribution in [3.8, 4) is 11.6 Å². The lowest BCUT2D eigenvalue weighted by atomic mass is 9.88. The average Bonchev–Trinajstić information content (AvgIpc) is 4.17. The lowest BCUT2D eigenvalue weighted by molar-refractivity contribution is -0.141. The summed E-state index contributed by atoms with van der Waals surface area (Å²) in [5.41, 5.74) is -1.96. The summed E-state index contributed by atoms with van der Waals surface area (Å²) in [5.74, 6) is -2.59. The molecule has 15 nitrogen and oxygen atoms in total. The molecule has 0 bridgehead atoms. The fourth-order valence-electron chi connectivity index (χ4n) is 10.9. The van der Waals surface area contributed by atoms with Gasteiger partial charge in [-0.15, -0.1) is 0 Å². The van der Waals surface area contributed by atoms with Crippen LogP contribution in [0.25, 0.3) is 11.0 Å². The maximum Gasteiger partial charge on any atom is 0.408 e. The third-order valence-corrected chi connectivity index (χ3v) is 17.2. The lowest BCUT2D eigenvalue weighted by Gasteiger charge is -2.36. The summed E-state index contributed by atoms with van der Waals surface area (Å²) in [6.07, 6.45) is 7.88. The predicted octanol–water partition coefficient (Wildman–Crippen LogP) is 4.67. The molecule has 18 heteroatoms. The van der Waals surface area contributed by atoms with E-state index in [9.17, 15) is 36.4 Å². The van der Waals surface area contributed by atoms with Crippen molar-refractivity contribution >= 4 is 44.9 Å². The maximum absolute atomic E-state index is 14.9. The van der Waals surface area contributed by atoms with Gasteiger partial charge in [-0.1, -0.05) is 25.0 Å². The van der Waals surface area contributed by atoms with E-state index in [4.69, 9.17) is 14.2 Å². The van der Waals surface area contributed by atoms with E-state index < -0.39 is 79.8 Å². The number of alkyl halides is 2. The number of allylic oxidation sites excluding steroid dienone is 1. The molecular formula is C42H50F2N6O9S. The molecule has 5 atom stereocenters. The number of nitrogens with one attached hydrogen (secondary N) is 3. The number of fused-ring (bicyclic) bond motifs is 5. The molecule has 0 aromatic carbocycles. The molecule has 10 rings (SSSR count). The van der Waals surface area contributed by atoms with E-state index >= 15 is 0 Å². The van der Waals surface area contributed by atoms with Gasteiger partial charge in [0.1, 0.15) is 35.0 Å². The molecule has 60 heavy (non-hydrogen) atoms. The minimum Gasteiger partial charge on any atom is -0.483 e. The summed E-state index contributed by atoms with van der Waals surface area (Å²) in [6, 6.07) is 0.703. The largest absolute Gasteiger partial charge is 0.483 e. The SMILES string of the molecule is COc1ccc2nc(C(F)F)c3c(c2n1)CC[C@]1(C[C@H]2C(=O)N[C@]4(C(=O)NS(=O)(=O)C5(C)CC5)C[C@H]4/C=C\CCCCC[C@H](NC(=O)OC4CC56CC5(C4)C6)C(=O)N2C1)O3. The number of hydrogen-bond acceptors (Lipinski definition) is 11. The van der Waals surface area contributed by atoms with E-state index in [1.54, 1.807) is 13.0 Å². The van der Waals surface area contributed by atoms with Gasteiger partial charge in [0, 0.05) is 24.0 Å². The summed E-state index contributed by atoms with van der Waals surface area (Å²) in [7, 11) is -2.62. The van der Waals surface area contributed by atoms with Crippen LogP contribution in [0.2, 0.25) is 0 Å². The maximum atomic E-state index is 14.9. The summed E-state index contributed by atoms with van der Waals surface area (Å²) in [4.78, 5) is 67.1. The minimum absolute atomic E-state index is 0.135. The van der Waals surface area contributed by atoms with Gasteiger partial charge in [0.2, 0.25) is 27.7 Å². The molecule has 3 aliphatic heterocycles. The van der Waals surface area contributed by atoms with Gasteiger partial charge in [-0.05, 0) is 101 Å². The standard InChI is InChI=1S/C42H50F2N6O9S/c1-38(14-15-38)60(55,56)49-36(53)42-16-23(42)8-6-4-3-5-7-9-27(46-37(54)58-24-17-39-20-40(39,18-24)21-39)35(52)50-22-41(19-28(50)34(51)48-42)13-12-25-30-26(10-11-29(47-30)57-2)45-31(33(43)44)32(25)59-41/h6,8,10-11,23-24,27-28,33H,3-5,7,9,12-22H2,1-2H3,(H,46,54)(H,48,51)(H,49,53)/b8-6-/t23-,24?,27+,28+,39?,40?,41-,42-/m1/s1. The van der Waals surface area contributed by atoms with Crippen LogP contribution in [0, 0.1) is 16.7 Å². The zero-order valence-electron chi connectivity index (χ0n) is 33.7. The number of aromatic nitrogens is 2. The van der Waals surface area contributed by atoms with Gasteiger partial charge in [-0.3, -0.25) is 19.1 Å². The van der Waals surface area contributed by atoms with Gasteiger partial charge in [0.05, 0.1) is 29.4 Å². The molecule has 5 saturated carbocycles. The van der Waals surface area contributed by atoms with E-state index in [0.717, 1.165) is 19.3 Å². The van der Waals surface area contributed by atoms with Crippen LogP contribution in [0.5, 0.6) is 11.6 Å². The van der Waals surface area contributed by atoms with Gasteiger partial charge in [0.15, 0.2) is 5.75 Å². The molecule has 1 saturated heterocycles. The fraction of sp³-hybridized carbons (Fsp3) is 0.667. The normalized spacial score (nSPS) is 36.5. The molecule has 3 N–H and O–H groups in total. The number of nitrogens with zero attached hydrogens (tertiary/aromatic N) is 3. The van der Waals surface area contributed by atoms with Crippen LogP contribution < -0.4 is 24.8 Å². The van der Waals surface area contributed by atoms with Crippen molar-refractivity contribution < 1.29 is 50.6 Å². The molecule has 8 aliphatic rings. The van der Waals surface area contributed by atoms with E-state index in [2.05, 4.69) is 25.3 Å². The summed E-state index contributed by atoms with van der Waals surface area (Å²) in [6.45, 7) is 1.36. The molecule has 6 fully saturated rings. The minimum atomic E-state index is -4.06. The third-order valence-electron chi connectivity index (χ3n) is 15.1. The summed E-state index contributed by atoms with van der Waals surface area (Å²) in [5, 5.41) is 5.69. The molecule has 4 amide bonds. The Kier molecular flexibility index (Phi) is 8.86. The van der Waals surface area contributed by atoms with Crippen molar-refractivity contribution in [2.45, 2.75) is 144 Å². The van der Waals surface area contributed by atoms with Crippen LogP contribution >= 0.6 is 0 Å². The monoisotopic (exact) mass is 852 g/mol. The number of rotatable bonds is 7. The Labute approximate surface area is 346 Å². The van der Waals surface area contributed by atoms with Crippen molar-refractivity contribution in [1.29, 1.82) is 0 Å². The number of alkyl carbamates (subject to hydrolysis) is 1. The van der Waals surface area contributed by atoms with Crippen molar-refractivity contribution in [1.82, 2.24) is 30.2 Å². The second-order valence-corrected chi connectivity index (χ2v) is 21.3. The number of methoxy groups -OCH3 is 1. The highest BCUT2D eigenvalue weighted by molar-refractivity contribution is 7.91. The quantitative estimate of drug-likeness (QED) is 0.328. The Balaban J connectivity index is 0.977. The molecule has 5 heterocycles. The van der Waals surface area contributed by atoms with Crippen LogP contribution in [0.3, 0.4) is 0 Å². The first-order valence-corrected chi connectivity index (χ1v) is 22.7. The zero-order valence-corrected chi connectivity index (χ0v) is 34.5. The number of carbonyl (C=O) groups excluding carboxylic acids is 4. The highest BCUT2D eigenvalue weighted by atomic mass is 32.2. The Morgan fingerprint density at radius 1 is 1.03 bits per heavy atom. The zero-order chi connectivity index (χ0) is 42.0.